The van der Waals surface area contributed by atoms with Crippen LogP contribution in [0.4, 0.5) is 0 Å². The van der Waals surface area contributed by atoms with E-state index in [9.17, 15) is 9.59 Å². The Morgan fingerprint density at radius 2 is 1.77 bits per heavy atom. The molecule has 4 rings (SSSR count). The van der Waals surface area contributed by atoms with E-state index in [1.54, 1.807) is 11.5 Å². The van der Waals surface area contributed by atoms with E-state index in [0.717, 1.165) is 16.7 Å². The van der Waals surface area contributed by atoms with Crippen molar-refractivity contribution >= 4 is 29.5 Å². The SMILES string of the molecule is COC(=O)C1=C(C)N=c2s/c(=C\c3ccc(C)cc3)c(=O)n2[C@H]1/C=C/c1ccccc1. The van der Waals surface area contributed by atoms with E-state index in [1.165, 1.54) is 18.4 Å². The minimum Gasteiger partial charge on any atom is -0.466 e. The van der Waals surface area contributed by atoms with Crippen LogP contribution in [0, 0.1) is 6.92 Å². The largest absolute Gasteiger partial charge is 0.466 e. The summed E-state index contributed by atoms with van der Waals surface area (Å²) in [5.74, 6) is -0.489. The predicted octanol–water partition coefficient (Wildman–Crippen LogP) is 3.38. The van der Waals surface area contributed by atoms with Crippen LogP contribution in [0.2, 0.25) is 0 Å². The van der Waals surface area contributed by atoms with Gasteiger partial charge < -0.3 is 4.74 Å². The number of methoxy groups -OCH3 is 1. The molecule has 31 heavy (non-hydrogen) atoms. The Morgan fingerprint density at radius 3 is 2.45 bits per heavy atom. The number of thiazole rings is 1. The van der Waals surface area contributed by atoms with Gasteiger partial charge in [0.05, 0.1) is 29.0 Å². The molecule has 6 heteroatoms. The molecule has 1 atom stereocenters. The van der Waals surface area contributed by atoms with Gasteiger partial charge in [-0.1, -0.05) is 83.6 Å². The Kier molecular flexibility index (Phi) is 5.82. The molecule has 0 amide bonds. The second-order valence-electron chi connectivity index (χ2n) is 7.30. The average Bonchev–Trinajstić information content (AvgIpc) is 3.08. The number of fused-ring (bicyclic) bond motifs is 1. The smallest absolute Gasteiger partial charge is 0.338 e. The highest BCUT2D eigenvalue weighted by atomic mass is 32.1. The molecule has 0 unspecified atom stereocenters. The molecule has 0 spiro atoms. The molecule has 5 nitrogen and oxygen atoms in total. The zero-order valence-corrected chi connectivity index (χ0v) is 18.3. The van der Waals surface area contributed by atoms with Crippen molar-refractivity contribution in [3.63, 3.8) is 0 Å². The van der Waals surface area contributed by atoms with E-state index in [-0.39, 0.29) is 5.56 Å². The number of hydrogen-bond donors (Lipinski definition) is 0. The standard InChI is InChI=1S/C25H22N2O3S/c1-16-9-11-19(12-10-16)15-21-23(28)27-20(14-13-18-7-5-4-6-8-18)22(24(29)30-3)17(2)26-25(27)31-21/h4-15,20H,1-3H3/b14-13+,21-15-/t20-/m0/s1. The molecule has 0 radical (unpaired) electrons. The maximum Gasteiger partial charge on any atom is 0.338 e. The van der Waals surface area contributed by atoms with Crippen molar-refractivity contribution in [1.82, 2.24) is 4.57 Å². The maximum atomic E-state index is 13.3. The first-order chi connectivity index (χ1) is 15.0. The van der Waals surface area contributed by atoms with Crippen molar-refractivity contribution in [2.45, 2.75) is 19.9 Å². The van der Waals surface area contributed by atoms with Crippen molar-refractivity contribution < 1.29 is 9.53 Å². The fourth-order valence-corrected chi connectivity index (χ4v) is 4.55. The van der Waals surface area contributed by atoms with Crippen molar-refractivity contribution in [2.24, 2.45) is 4.99 Å². The molecule has 2 aromatic carbocycles. The van der Waals surface area contributed by atoms with Gasteiger partial charge in [0, 0.05) is 0 Å². The summed E-state index contributed by atoms with van der Waals surface area (Å²) in [5.41, 5.74) is 3.81. The maximum absolute atomic E-state index is 13.3. The van der Waals surface area contributed by atoms with Crippen LogP contribution < -0.4 is 14.9 Å². The van der Waals surface area contributed by atoms with Crippen LogP contribution in [0.5, 0.6) is 0 Å². The summed E-state index contributed by atoms with van der Waals surface area (Å²) in [5, 5.41) is 0. The van der Waals surface area contributed by atoms with Crippen molar-refractivity contribution in [1.29, 1.82) is 0 Å². The lowest BCUT2D eigenvalue weighted by atomic mass is 10.0. The summed E-state index contributed by atoms with van der Waals surface area (Å²) in [4.78, 5) is 31.0. The number of aryl methyl sites for hydroxylation is 1. The average molecular weight is 431 g/mol. The number of hydrogen-bond acceptors (Lipinski definition) is 5. The molecular weight excluding hydrogens is 408 g/mol. The van der Waals surface area contributed by atoms with E-state index in [0.29, 0.717) is 20.6 Å². The first-order valence-corrected chi connectivity index (χ1v) is 10.7. The van der Waals surface area contributed by atoms with E-state index < -0.39 is 12.0 Å². The quantitative estimate of drug-likeness (QED) is 0.596. The summed E-state index contributed by atoms with van der Waals surface area (Å²) in [6.07, 6.45) is 5.62. The number of carbonyl (C=O) groups excluding carboxylic acids is 1. The molecule has 156 valence electrons. The van der Waals surface area contributed by atoms with E-state index >= 15 is 0 Å². The highest BCUT2D eigenvalue weighted by molar-refractivity contribution is 7.07. The Labute approximate surface area is 184 Å². The fourth-order valence-electron chi connectivity index (χ4n) is 3.50. The molecule has 1 aromatic heterocycles. The molecule has 2 heterocycles. The highest BCUT2D eigenvalue weighted by Gasteiger charge is 2.29. The van der Waals surface area contributed by atoms with Gasteiger partial charge in [-0.05, 0) is 31.1 Å². The minimum absolute atomic E-state index is 0.180. The number of carbonyl (C=O) groups is 1. The summed E-state index contributed by atoms with van der Waals surface area (Å²) in [6, 6.07) is 17.1. The fraction of sp³-hybridized carbons (Fsp3) is 0.160. The van der Waals surface area contributed by atoms with Gasteiger partial charge >= 0.3 is 5.97 Å². The zero-order valence-electron chi connectivity index (χ0n) is 17.5. The number of benzene rings is 2. The lowest BCUT2D eigenvalue weighted by Crippen LogP contribution is -2.38. The van der Waals surface area contributed by atoms with Crippen LogP contribution in [-0.4, -0.2) is 17.6 Å². The normalized spacial score (nSPS) is 16.4. The van der Waals surface area contributed by atoms with E-state index in [4.69, 9.17) is 4.74 Å². The van der Waals surface area contributed by atoms with Crippen molar-refractivity contribution in [3.05, 3.63) is 108 Å². The summed E-state index contributed by atoms with van der Waals surface area (Å²) < 4.78 is 7.14. The Bertz CT molecular complexity index is 1360. The first-order valence-electron chi connectivity index (χ1n) is 9.88. The topological polar surface area (TPSA) is 60.7 Å². The second kappa shape index (κ2) is 8.70. The Morgan fingerprint density at radius 1 is 1.06 bits per heavy atom. The van der Waals surface area contributed by atoms with Crippen molar-refractivity contribution in [2.75, 3.05) is 7.11 Å². The van der Waals surface area contributed by atoms with Gasteiger partial charge in [-0.15, -0.1) is 0 Å². The monoisotopic (exact) mass is 430 g/mol. The third-order valence-electron chi connectivity index (χ3n) is 5.11. The number of allylic oxidation sites excluding steroid dienone is 2. The van der Waals surface area contributed by atoms with Gasteiger partial charge in [-0.3, -0.25) is 9.36 Å². The second-order valence-corrected chi connectivity index (χ2v) is 8.31. The van der Waals surface area contributed by atoms with Crippen LogP contribution in [-0.2, 0) is 9.53 Å². The summed E-state index contributed by atoms with van der Waals surface area (Å²) in [6.45, 7) is 3.79. The molecular formula is C25H22N2O3S. The lowest BCUT2D eigenvalue weighted by Gasteiger charge is -2.21. The summed E-state index contributed by atoms with van der Waals surface area (Å²) >= 11 is 1.32. The Balaban J connectivity index is 1.88. The molecule has 0 fully saturated rings. The zero-order chi connectivity index (χ0) is 22.0. The van der Waals surface area contributed by atoms with Crippen LogP contribution in [0.1, 0.15) is 29.7 Å². The minimum atomic E-state index is -0.593. The third kappa shape index (κ3) is 4.20. The molecule has 0 bridgehead atoms. The number of ether oxygens (including phenoxy) is 1. The van der Waals surface area contributed by atoms with Crippen LogP contribution in [0.25, 0.3) is 12.2 Å². The number of esters is 1. The van der Waals surface area contributed by atoms with Gasteiger partial charge in [0.25, 0.3) is 5.56 Å². The molecule has 0 N–H and O–H groups in total. The number of aromatic nitrogens is 1. The van der Waals surface area contributed by atoms with Crippen LogP contribution in [0.3, 0.4) is 0 Å². The summed E-state index contributed by atoms with van der Waals surface area (Å²) in [7, 11) is 1.34. The molecule has 3 aromatic rings. The van der Waals surface area contributed by atoms with Gasteiger partial charge in [-0.2, -0.15) is 0 Å². The van der Waals surface area contributed by atoms with Crippen LogP contribution in [0.15, 0.2) is 81.7 Å². The predicted molar refractivity (Wildman–Crippen MR) is 123 cm³/mol. The highest BCUT2D eigenvalue weighted by Crippen LogP contribution is 2.26. The Hall–Kier alpha value is -3.51. The molecule has 0 saturated carbocycles. The van der Waals surface area contributed by atoms with Gasteiger partial charge in [0.15, 0.2) is 4.80 Å². The van der Waals surface area contributed by atoms with E-state index in [2.05, 4.69) is 4.99 Å². The van der Waals surface area contributed by atoms with Gasteiger partial charge in [0.2, 0.25) is 0 Å². The van der Waals surface area contributed by atoms with E-state index in [1.807, 2.05) is 79.7 Å². The third-order valence-corrected chi connectivity index (χ3v) is 6.10. The molecule has 0 aliphatic carbocycles. The first kappa shape index (κ1) is 20.8. The molecule has 1 aliphatic heterocycles. The van der Waals surface area contributed by atoms with Gasteiger partial charge in [0.1, 0.15) is 0 Å². The lowest BCUT2D eigenvalue weighted by molar-refractivity contribution is -0.136. The number of nitrogens with zero attached hydrogens (tertiary/aromatic N) is 2. The van der Waals surface area contributed by atoms with Crippen LogP contribution >= 0.6 is 11.3 Å². The van der Waals surface area contributed by atoms with Gasteiger partial charge in [-0.25, -0.2) is 9.79 Å². The molecule has 1 aliphatic rings. The molecule has 0 saturated heterocycles. The number of rotatable bonds is 4. The van der Waals surface area contributed by atoms with Crippen molar-refractivity contribution in [3.8, 4) is 0 Å².